The van der Waals surface area contributed by atoms with Gasteiger partial charge in [-0.1, -0.05) is 32.4 Å². The van der Waals surface area contributed by atoms with E-state index < -0.39 is 12.2 Å². The van der Waals surface area contributed by atoms with E-state index in [1.54, 1.807) is 6.26 Å². The van der Waals surface area contributed by atoms with Crippen LogP contribution in [0.3, 0.4) is 0 Å². The Morgan fingerprint density at radius 2 is 2.00 bits per heavy atom. The van der Waals surface area contributed by atoms with Crippen LogP contribution in [0.5, 0.6) is 0 Å². The van der Waals surface area contributed by atoms with E-state index in [1.165, 1.54) is 11.1 Å². The number of aliphatic hydroxyl groups is 2. The highest BCUT2D eigenvalue weighted by atomic mass is 16.3. The lowest BCUT2D eigenvalue weighted by Crippen LogP contribution is -2.59. The first-order valence-electron chi connectivity index (χ1n) is 8.80. The van der Waals surface area contributed by atoms with Crippen LogP contribution in [0.1, 0.15) is 52.5 Å². The maximum absolute atomic E-state index is 10.5. The molecule has 2 N–H and O–H groups in total. The minimum atomic E-state index is -0.637. The molecule has 5 atom stereocenters. The number of fused-ring (bicyclic) bond motifs is 1. The zero-order valence-corrected chi connectivity index (χ0v) is 14.7. The first-order valence-corrected chi connectivity index (χ1v) is 8.80. The van der Waals surface area contributed by atoms with Gasteiger partial charge < -0.3 is 14.6 Å². The van der Waals surface area contributed by atoms with Gasteiger partial charge >= 0.3 is 0 Å². The minimum absolute atomic E-state index is 0.0325. The van der Waals surface area contributed by atoms with Gasteiger partial charge in [0.05, 0.1) is 24.7 Å². The molecule has 23 heavy (non-hydrogen) atoms. The summed E-state index contributed by atoms with van der Waals surface area (Å²) in [5.41, 5.74) is 2.44. The van der Waals surface area contributed by atoms with Crippen molar-refractivity contribution in [3.63, 3.8) is 0 Å². The van der Waals surface area contributed by atoms with Crippen LogP contribution in [-0.4, -0.2) is 22.4 Å². The molecule has 128 valence electrons. The number of furan rings is 1. The molecule has 3 nitrogen and oxygen atoms in total. The molecule has 0 bridgehead atoms. The number of rotatable bonds is 3. The lowest BCUT2D eigenvalue weighted by Gasteiger charge is -2.59. The van der Waals surface area contributed by atoms with Crippen molar-refractivity contribution in [1.82, 2.24) is 0 Å². The molecule has 1 saturated carbocycles. The summed E-state index contributed by atoms with van der Waals surface area (Å²) in [4.78, 5) is 0. The Kier molecular flexibility index (Phi) is 4.22. The number of hydrogen-bond donors (Lipinski definition) is 2. The van der Waals surface area contributed by atoms with Gasteiger partial charge in [0.1, 0.15) is 0 Å². The lowest BCUT2D eigenvalue weighted by atomic mass is 9.47. The van der Waals surface area contributed by atoms with Crippen LogP contribution < -0.4 is 0 Å². The van der Waals surface area contributed by atoms with Crippen LogP contribution in [0.15, 0.2) is 34.7 Å². The van der Waals surface area contributed by atoms with Crippen LogP contribution in [0, 0.1) is 22.7 Å². The average Bonchev–Trinajstić information content (AvgIpc) is 2.97. The highest BCUT2D eigenvalue weighted by Gasteiger charge is 2.57. The van der Waals surface area contributed by atoms with Crippen molar-refractivity contribution in [1.29, 1.82) is 0 Å². The predicted octanol–water partition coefficient (Wildman–Crippen LogP) is 3.95. The summed E-state index contributed by atoms with van der Waals surface area (Å²) in [5, 5.41) is 21.0. The topological polar surface area (TPSA) is 53.6 Å². The molecule has 2 aliphatic rings. The van der Waals surface area contributed by atoms with Gasteiger partial charge in [0.2, 0.25) is 0 Å². The van der Waals surface area contributed by atoms with Gasteiger partial charge in [-0.25, -0.2) is 0 Å². The maximum Gasteiger partial charge on any atom is 0.0934 e. The summed E-state index contributed by atoms with van der Waals surface area (Å²) in [6.45, 7) is 8.78. The average molecular weight is 318 g/mol. The van der Waals surface area contributed by atoms with E-state index in [-0.39, 0.29) is 10.8 Å². The first kappa shape index (κ1) is 16.8. The van der Waals surface area contributed by atoms with Gasteiger partial charge in [-0.3, -0.25) is 0 Å². The molecule has 0 radical (unpaired) electrons. The molecule has 1 aromatic rings. The van der Waals surface area contributed by atoms with Crippen LogP contribution >= 0.6 is 0 Å². The van der Waals surface area contributed by atoms with Crippen molar-refractivity contribution in [3.05, 3.63) is 35.8 Å². The molecule has 0 saturated heterocycles. The van der Waals surface area contributed by atoms with Gasteiger partial charge in [0.25, 0.3) is 0 Å². The summed E-state index contributed by atoms with van der Waals surface area (Å²) in [7, 11) is 0. The molecular formula is C20H30O3. The zero-order chi connectivity index (χ0) is 16.8. The Morgan fingerprint density at radius 1 is 1.26 bits per heavy atom. The van der Waals surface area contributed by atoms with Crippen molar-refractivity contribution in [2.45, 2.75) is 65.6 Å². The highest BCUT2D eigenvalue weighted by molar-refractivity contribution is 5.21. The molecule has 3 rings (SSSR count). The fourth-order valence-corrected chi connectivity index (χ4v) is 5.48. The van der Waals surface area contributed by atoms with Crippen molar-refractivity contribution in [2.75, 3.05) is 0 Å². The molecule has 1 aromatic heterocycles. The third-order valence-corrected chi connectivity index (χ3v) is 6.79. The highest BCUT2D eigenvalue weighted by Crippen LogP contribution is 2.60. The first-order chi connectivity index (χ1) is 10.8. The third-order valence-electron chi connectivity index (χ3n) is 6.79. The van der Waals surface area contributed by atoms with Gasteiger partial charge in [0, 0.05) is 0 Å². The van der Waals surface area contributed by atoms with Crippen molar-refractivity contribution in [2.24, 2.45) is 22.7 Å². The van der Waals surface area contributed by atoms with Crippen LogP contribution in [0.25, 0.3) is 0 Å². The van der Waals surface area contributed by atoms with Gasteiger partial charge in [0.15, 0.2) is 0 Å². The molecule has 0 aromatic carbocycles. The van der Waals surface area contributed by atoms with Crippen molar-refractivity contribution >= 4 is 0 Å². The molecule has 0 amide bonds. The third kappa shape index (κ3) is 2.68. The second-order valence-electron chi connectivity index (χ2n) is 8.50. The molecule has 3 heteroatoms. The standard InChI is InChI=1S/C20H30O3/c1-13-5-8-17-19(2,3)18(22)16(21)11-20(17,4)15(13)7-6-14-9-10-23-12-14/h5,9-10,12,15-18,21-22H,6-8,11H2,1-4H3/t15-,16+,17-,18-,20+/m1/s1. The monoisotopic (exact) mass is 318 g/mol. The smallest absolute Gasteiger partial charge is 0.0934 e. The van der Waals surface area contributed by atoms with E-state index in [9.17, 15) is 10.2 Å². The van der Waals surface area contributed by atoms with Crippen LogP contribution in [0.4, 0.5) is 0 Å². The van der Waals surface area contributed by atoms with Gasteiger partial charge in [-0.15, -0.1) is 0 Å². The van der Waals surface area contributed by atoms with E-state index in [4.69, 9.17) is 4.42 Å². The quantitative estimate of drug-likeness (QED) is 0.830. The van der Waals surface area contributed by atoms with E-state index in [1.807, 2.05) is 12.3 Å². The fraction of sp³-hybridized carbons (Fsp3) is 0.700. The van der Waals surface area contributed by atoms with E-state index in [2.05, 4.69) is 33.8 Å². The second kappa shape index (κ2) is 5.78. The predicted molar refractivity (Wildman–Crippen MR) is 90.9 cm³/mol. The molecule has 0 unspecified atom stereocenters. The lowest BCUT2D eigenvalue weighted by molar-refractivity contribution is -0.174. The molecule has 0 spiro atoms. The van der Waals surface area contributed by atoms with Crippen molar-refractivity contribution in [3.8, 4) is 0 Å². The Bertz CT molecular complexity index is 572. The molecule has 1 fully saturated rings. The van der Waals surface area contributed by atoms with Gasteiger partial charge in [-0.2, -0.15) is 0 Å². The minimum Gasteiger partial charge on any atom is -0.472 e. The summed E-state index contributed by atoms with van der Waals surface area (Å²) >= 11 is 0. The van der Waals surface area contributed by atoms with Crippen molar-refractivity contribution < 1.29 is 14.6 Å². The van der Waals surface area contributed by atoms with Gasteiger partial charge in [-0.05, 0) is 66.9 Å². The molecule has 2 aliphatic carbocycles. The molecular weight excluding hydrogens is 288 g/mol. The Balaban J connectivity index is 1.89. The maximum atomic E-state index is 10.5. The molecule has 0 aliphatic heterocycles. The van der Waals surface area contributed by atoms with Crippen LogP contribution in [-0.2, 0) is 6.42 Å². The largest absolute Gasteiger partial charge is 0.472 e. The summed E-state index contributed by atoms with van der Waals surface area (Å²) in [5.74, 6) is 0.837. The summed E-state index contributed by atoms with van der Waals surface area (Å²) in [6, 6.07) is 2.03. The summed E-state index contributed by atoms with van der Waals surface area (Å²) in [6.07, 6.45) is 8.39. The van der Waals surface area contributed by atoms with E-state index in [0.717, 1.165) is 19.3 Å². The second-order valence-corrected chi connectivity index (χ2v) is 8.50. The van der Waals surface area contributed by atoms with E-state index in [0.29, 0.717) is 18.3 Å². The SMILES string of the molecule is CC1=CC[C@@H]2C(C)(C)[C@H](O)[C@@H](O)C[C@@]2(C)[C@@H]1CCc1ccoc1. The normalized spacial score (nSPS) is 39.7. The Labute approximate surface area is 139 Å². The zero-order valence-electron chi connectivity index (χ0n) is 14.7. The number of hydrogen-bond acceptors (Lipinski definition) is 3. The Morgan fingerprint density at radius 3 is 2.65 bits per heavy atom. The van der Waals surface area contributed by atoms with E-state index >= 15 is 0 Å². The fourth-order valence-electron chi connectivity index (χ4n) is 5.48. The van der Waals surface area contributed by atoms with Crippen LogP contribution in [0.2, 0.25) is 0 Å². The summed E-state index contributed by atoms with van der Waals surface area (Å²) < 4.78 is 5.19. The number of allylic oxidation sites excluding steroid dienone is 2. The number of aliphatic hydroxyl groups excluding tert-OH is 2. The molecule has 1 heterocycles. The number of aryl methyl sites for hydroxylation is 1. The Hall–Kier alpha value is -1.06.